The zero-order chi connectivity index (χ0) is 20.6. The van der Waals surface area contributed by atoms with Crippen LogP contribution in [0.15, 0.2) is 30.3 Å². The third-order valence-corrected chi connectivity index (χ3v) is 7.62. The second-order valence-corrected chi connectivity index (χ2v) is 9.64. The highest BCUT2D eigenvalue weighted by atomic mass is 32.2. The van der Waals surface area contributed by atoms with Gasteiger partial charge in [-0.3, -0.25) is 9.69 Å². The molecule has 6 nitrogen and oxygen atoms in total. The lowest BCUT2D eigenvalue weighted by Gasteiger charge is -2.32. The summed E-state index contributed by atoms with van der Waals surface area (Å²) in [5.74, 6) is 0.0747. The van der Waals surface area contributed by atoms with Crippen LogP contribution in [-0.2, 0) is 21.2 Å². The lowest BCUT2D eigenvalue weighted by atomic mass is 9.97. The number of carbonyl (C=O) groups is 1. The number of rotatable bonds is 10. The third kappa shape index (κ3) is 6.29. The molecule has 0 spiro atoms. The number of piperidine rings is 1. The van der Waals surface area contributed by atoms with Crippen molar-refractivity contribution in [1.29, 1.82) is 0 Å². The van der Waals surface area contributed by atoms with Crippen molar-refractivity contribution in [3.8, 4) is 0 Å². The maximum absolute atomic E-state index is 12.7. The Bertz CT molecular complexity index is 697. The molecule has 1 fully saturated rings. The lowest BCUT2D eigenvalue weighted by Crippen LogP contribution is -2.48. The number of likely N-dealkylation sites (N-methyl/N-ethyl adjacent to an activating group) is 1. The second kappa shape index (κ2) is 10.9. The normalized spacial score (nSPS) is 17.6. The Balaban J connectivity index is 1.90. The van der Waals surface area contributed by atoms with Gasteiger partial charge in [0.05, 0.1) is 5.75 Å². The Kier molecular flexibility index (Phi) is 8.92. The molecule has 1 aliphatic rings. The average molecular weight is 410 g/mol. The Labute approximate surface area is 170 Å². The standard InChI is InChI=1S/C21H35N3O3S/c1-4-23(5-2)20(16-18-10-8-7-9-11-18)17-22-21(25)19-12-14-24(15-13-19)28(26,27)6-3/h7-11,19-20H,4-6,12-17H2,1-3H3,(H,22,25). The van der Waals surface area contributed by atoms with Crippen LogP contribution < -0.4 is 5.32 Å². The van der Waals surface area contributed by atoms with Crippen LogP contribution in [0.25, 0.3) is 0 Å². The molecule has 28 heavy (non-hydrogen) atoms. The van der Waals surface area contributed by atoms with Gasteiger partial charge in [-0.15, -0.1) is 0 Å². The smallest absolute Gasteiger partial charge is 0.223 e. The van der Waals surface area contributed by atoms with Crippen molar-refractivity contribution in [2.24, 2.45) is 5.92 Å². The van der Waals surface area contributed by atoms with E-state index in [0.717, 1.165) is 19.5 Å². The monoisotopic (exact) mass is 409 g/mol. The summed E-state index contributed by atoms with van der Waals surface area (Å²) in [7, 11) is -3.15. The summed E-state index contributed by atoms with van der Waals surface area (Å²) < 4.78 is 25.5. The quantitative estimate of drug-likeness (QED) is 0.643. The maximum Gasteiger partial charge on any atom is 0.223 e. The van der Waals surface area contributed by atoms with Gasteiger partial charge in [0.1, 0.15) is 0 Å². The van der Waals surface area contributed by atoms with E-state index >= 15 is 0 Å². The molecule has 1 N–H and O–H groups in total. The topological polar surface area (TPSA) is 69.7 Å². The van der Waals surface area contributed by atoms with Crippen LogP contribution in [0.2, 0.25) is 0 Å². The average Bonchev–Trinajstić information content (AvgIpc) is 2.73. The molecule has 1 aromatic rings. The van der Waals surface area contributed by atoms with Crippen LogP contribution in [0.3, 0.4) is 0 Å². The fourth-order valence-electron chi connectivity index (χ4n) is 3.90. The first-order valence-corrected chi connectivity index (χ1v) is 12.1. The number of nitrogens with zero attached hydrogens (tertiary/aromatic N) is 2. The van der Waals surface area contributed by atoms with E-state index in [4.69, 9.17) is 0 Å². The van der Waals surface area contributed by atoms with Crippen LogP contribution in [0.1, 0.15) is 39.2 Å². The predicted octanol–water partition coefficient (Wildman–Crippen LogP) is 2.12. The van der Waals surface area contributed by atoms with Crippen molar-refractivity contribution in [2.75, 3.05) is 38.5 Å². The van der Waals surface area contributed by atoms with Gasteiger partial charge in [-0.2, -0.15) is 0 Å². The van der Waals surface area contributed by atoms with Crippen LogP contribution in [-0.4, -0.2) is 68.0 Å². The molecule has 0 aliphatic carbocycles. The molecule has 0 saturated carbocycles. The van der Waals surface area contributed by atoms with Crippen molar-refractivity contribution >= 4 is 15.9 Å². The van der Waals surface area contributed by atoms with Crippen molar-refractivity contribution < 1.29 is 13.2 Å². The minimum absolute atomic E-state index is 0.0544. The summed E-state index contributed by atoms with van der Waals surface area (Å²) in [4.78, 5) is 15.1. The highest BCUT2D eigenvalue weighted by molar-refractivity contribution is 7.89. The van der Waals surface area contributed by atoms with Gasteiger partial charge in [0.25, 0.3) is 0 Å². The first-order valence-electron chi connectivity index (χ1n) is 10.4. The first kappa shape index (κ1) is 22.8. The second-order valence-electron chi connectivity index (χ2n) is 7.38. The molecule has 1 heterocycles. The fraction of sp³-hybridized carbons (Fsp3) is 0.667. The van der Waals surface area contributed by atoms with Crippen molar-refractivity contribution in [3.63, 3.8) is 0 Å². The minimum Gasteiger partial charge on any atom is -0.354 e. The van der Waals surface area contributed by atoms with E-state index in [2.05, 4.69) is 36.2 Å². The first-order chi connectivity index (χ1) is 13.4. The fourth-order valence-corrected chi connectivity index (χ4v) is 5.03. The Hall–Kier alpha value is -1.44. The number of benzene rings is 1. The highest BCUT2D eigenvalue weighted by Crippen LogP contribution is 2.20. The van der Waals surface area contributed by atoms with Crippen molar-refractivity contribution in [1.82, 2.24) is 14.5 Å². The molecule has 0 radical (unpaired) electrons. The molecule has 7 heteroatoms. The molecule has 1 saturated heterocycles. The summed E-state index contributed by atoms with van der Waals surface area (Å²) >= 11 is 0. The summed E-state index contributed by atoms with van der Waals surface area (Å²) in [5, 5.41) is 3.14. The Morgan fingerprint density at radius 1 is 1.14 bits per heavy atom. The molecule has 158 valence electrons. The molecule has 2 rings (SSSR count). The number of amides is 1. The van der Waals surface area contributed by atoms with Crippen LogP contribution >= 0.6 is 0 Å². The van der Waals surface area contributed by atoms with E-state index in [1.165, 1.54) is 9.87 Å². The van der Waals surface area contributed by atoms with Gasteiger partial charge < -0.3 is 5.32 Å². The van der Waals surface area contributed by atoms with E-state index in [1.54, 1.807) is 6.92 Å². The molecule has 1 aromatic carbocycles. The maximum atomic E-state index is 12.7. The SMILES string of the molecule is CCN(CC)C(CNC(=O)C1CCN(S(=O)(=O)CC)CC1)Cc1ccccc1. The number of hydrogen-bond acceptors (Lipinski definition) is 4. The molecular weight excluding hydrogens is 374 g/mol. The lowest BCUT2D eigenvalue weighted by molar-refractivity contribution is -0.126. The van der Waals surface area contributed by atoms with Gasteiger partial charge in [0, 0.05) is 31.6 Å². The molecule has 0 bridgehead atoms. The van der Waals surface area contributed by atoms with Crippen LogP contribution in [0.5, 0.6) is 0 Å². The van der Waals surface area contributed by atoms with Crippen molar-refractivity contribution in [2.45, 2.75) is 46.1 Å². The van der Waals surface area contributed by atoms with Gasteiger partial charge in [-0.05, 0) is 44.8 Å². The number of sulfonamides is 1. The van der Waals surface area contributed by atoms with Crippen LogP contribution in [0.4, 0.5) is 0 Å². The molecular formula is C21H35N3O3S. The van der Waals surface area contributed by atoms with E-state index in [-0.39, 0.29) is 23.6 Å². The number of carbonyl (C=O) groups excluding carboxylic acids is 1. The van der Waals surface area contributed by atoms with E-state index < -0.39 is 10.0 Å². The highest BCUT2D eigenvalue weighted by Gasteiger charge is 2.30. The Morgan fingerprint density at radius 3 is 2.29 bits per heavy atom. The van der Waals surface area contributed by atoms with Crippen LogP contribution in [0, 0.1) is 5.92 Å². The zero-order valence-electron chi connectivity index (χ0n) is 17.4. The molecule has 1 unspecified atom stereocenters. The summed E-state index contributed by atoms with van der Waals surface area (Å²) in [6, 6.07) is 10.6. The van der Waals surface area contributed by atoms with Gasteiger partial charge >= 0.3 is 0 Å². The van der Waals surface area contributed by atoms with Gasteiger partial charge in [0.2, 0.25) is 15.9 Å². The van der Waals surface area contributed by atoms with E-state index in [9.17, 15) is 13.2 Å². The number of nitrogens with one attached hydrogen (secondary N) is 1. The van der Waals surface area contributed by atoms with Crippen molar-refractivity contribution in [3.05, 3.63) is 35.9 Å². The molecule has 1 amide bonds. The molecule has 0 aromatic heterocycles. The molecule has 1 atom stereocenters. The molecule has 1 aliphatic heterocycles. The Morgan fingerprint density at radius 2 is 1.75 bits per heavy atom. The van der Waals surface area contributed by atoms with Gasteiger partial charge in [-0.25, -0.2) is 12.7 Å². The third-order valence-electron chi connectivity index (χ3n) is 5.74. The minimum atomic E-state index is -3.15. The largest absolute Gasteiger partial charge is 0.354 e. The summed E-state index contributed by atoms with van der Waals surface area (Å²) in [6.45, 7) is 9.33. The summed E-state index contributed by atoms with van der Waals surface area (Å²) in [6.07, 6.45) is 2.09. The summed E-state index contributed by atoms with van der Waals surface area (Å²) in [5.41, 5.74) is 1.27. The predicted molar refractivity (Wildman–Crippen MR) is 114 cm³/mol. The van der Waals surface area contributed by atoms with Gasteiger partial charge in [0.15, 0.2) is 0 Å². The van der Waals surface area contributed by atoms with E-state index in [1.807, 2.05) is 18.2 Å². The van der Waals surface area contributed by atoms with E-state index in [0.29, 0.717) is 32.5 Å². The zero-order valence-corrected chi connectivity index (χ0v) is 18.2. The number of hydrogen-bond donors (Lipinski definition) is 1. The van der Waals surface area contributed by atoms with Gasteiger partial charge in [-0.1, -0.05) is 44.2 Å².